The van der Waals surface area contributed by atoms with Gasteiger partial charge in [0.2, 0.25) is 0 Å². The van der Waals surface area contributed by atoms with Crippen LogP contribution in [0, 0.1) is 5.92 Å². The number of nitrogens with zero attached hydrogens (tertiary/aromatic N) is 2. The maximum absolute atomic E-state index is 11.7. The molecule has 1 aliphatic rings. The minimum Gasteiger partial charge on any atom is -0.379 e. The molecule has 2 N–H and O–H groups in total. The molecule has 6 nitrogen and oxygen atoms in total. The molecule has 0 aliphatic heterocycles. The molecule has 1 aromatic carbocycles. The van der Waals surface area contributed by atoms with E-state index in [1.54, 1.807) is 20.2 Å². The van der Waals surface area contributed by atoms with Crippen molar-refractivity contribution >= 4 is 35.8 Å². The first-order chi connectivity index (χ1) is 11.6. The van der Waals surface area contributed by atoms with E-state index in [2.05, 4.69) is 20.5 Å². The second-order valence-electron chi connectivity index (χ2n) is 6.12. The second-order valence-corrected chi connectivity index (χ2v) is 6.12. The van der Waals surface area contributed by atoms with Crippen LogP contribution in [0.2, 0.25) is 0 Å². The SMILES string of the molecule is CN=C(NCc1cccc(C(=O)NC)c1)N(C)CCOCC1CC1.I. The fraction of sp³-hybridized carbons (Fsp3) is 0.556. The minimum absolute atomic E-state index is 0. The van der Waals surface area contributed by atoms with Crippen molar-refractivity contribution in [2.75, 3.05) is 40.9 Å². The monoisotopic (exact) mass is 460 g/mol. The maximum Gasteiger partial charge on any atom is 0.251 e. The molecule has 7 heteroatoms. The average molecular weight is 460 g/mol. The van der Waals surface area contributed by atoms with Gasteiger partial charge < -0.3 is 20.3 Å². The Hall–Kier alpha value is -1.35. The summed E-state index contributed by atoms with van der Waals surface area (Å²) < 4.78 is 5.67. The lowest BCUT2D eigenvalue weighted by atomic mass is 10.1. The third kappa shape index (κ3) is 7.60. The van der Waals surface area contributed by atoms with Crippen LogP contribution in [0.1, 0.15) is 28.8 Å². The molecule has 0 saturated heterocycles. The van der Waals surface area contributed by atoms with E-state index in [1.165, 1.54) is 12.8 Å². The zero-order valence-corrected chi connectivity index (χ0v) is 17.6. The summed E-state index contributed by atoms with van der Waals surface area (Å²) >= 11 is 0. The Balaban J connectivity index is 0.00000312. The summed E-state index contributed by atoms with van der Waals surface area (Å²) in [4.78, 5) is 18.0. The Morgan fingerprint density at radius 2 is 2.16 bits per heavy atom. The summed E-state index contributed by atoms with van der Waals surface area (Å²) in [5.74, 6) is 1.53. The molecule has 0 bridgehead atoms. The van der Waals surface area contributed by atoms with Crippen LogP contribution < -0.4 is 10.6 Å². The lowest BCUT2D eigenvalue weighted by molar-refractivity contribution is 0.0963. The molecule has 0 atom stereocenters. The number of hydrogen-bond donors (Lipinski definition) is 2. The van der Waals surface area contributed by atoms with Crippen LogP contribution in [0.15, 0.2) is 29.3 Å². The van der Waals surface area contributed by atoms with Crippen LogP contribution in [-0.4, -0.2) is 57.7 Å². The number of ether oxygens (including phenoxy) is 1. The molecular weight excluding hydrogens is 431 g/mol. The summed E-state index contributed by atoms with van der Waals surface area (Å²) in [6.07, 6.45) is 2.63. The Bertz CT molecular complexity index is 576. The number of likely N-dealkylation sites (N-methyl/N-ethyl adjacent to an activating group) is 1. The number of halogens is 1. The molecule has 0 spiro atoms. The molecule has 1 saturated carbocycles. The van der Waals surface area contributed by atoms with E-state index in [4.69, 9.17) is 4.74 Å². The average Bonchev–Trinajstić information content (AvgIpc) is 3.43. The largest absolute Gasteiger partial charge is 0.379 e. The molecular formula is C18H29IN4O2. The predicted octanol–water partition coefficient (Wildman–Crippen LogP) is 2.10. The third-order valence-corrected chi connectivity index (χ3v) is 4.06. The van der Waals surface area contributed by atoms with Crippen molar-refractivity contribution in [2.24, 2.45) is 10.9 Å². The Kier molecular flexibility index (Phi) is 9.81. The molecule has 0 heterocycles. The van der Waals surface area contributed by atoms with Crippen molar-refractivity contribution in [1.29, 1.82) is 0 Å². The Labute approximate surface area is 167 Å². The van der Waals surface area contributed by atoms with Crippen LogP contribution in [0.3, 0.4) is 0 Å². The van der Waals surface area contributed by atoms with Gasteiger partial charge in [-0.25, -0.2) is 0 Å². The predicted molar refractivity (Wildman–Crippen MR) is 112 cm³/mol. The van der Waals surface area contributed by atoms with Crippen LogP contribution in [-0.2, 0) is 11.3 Å². The highest BCUT2D eigenvalue weighted by molar-refractivity contribution is 14.0. The number of rotatable bonds is 8. The molecule has 25 heavy (non-hydrogen) atoms. The van der Waals surface area contributed by atoms with Gasteiger partial charge >= 0.3 is 0 Å². The molecule has 1 aromatic rings. The van der Waals surface area contributed by atoms with E-state index >= 15 is 0 Å². The van der Waals surface area contributed by atoms with Gasteiger partial charge in [0.1, 0.15) is 0 Å². The topological polar surface area (TPSA) is 66.0 Å². The molecule has 1 aliphatic carbocycles. The normalized spacial score (nSPS) is 13.8. The molecule has 0 aromatic heterocycles. The zero-order valence-electron chi connectivity index (χ0n) is 15.2. The molecule has 0 radical (unpaired) electrons. The second kappa shape index (κ2) is 11.3. The van der Waals surface area contributed by atoms with Crippen LogP contribution in [0.5, 0.6) is 0 Å². The fourth-order valence-corrected chi connectivity index (χ4v) is 2.37. The number of carbonyl (C=O) groups is 1. The van der Waals surface area contributed by atoms with Gasteiger partial charge in [0.05, 0.1) is 6.61 Å². The summed E-state index contributed by atoms with van der Waals surface area (Å²) in [7, 11) is 5.40. The summed E-state index contributed by atoms with van der Waals surface area (Å²) in [6, 6.07) is 7.57. The van der Waals surface area contributed by atoms with Gasteiger partial charge in [0.25, 0.3) is 5.91 Å². The first-order valence-corrected chi connectivity index (χ1v) is 8.44. The number of guanidine groups is 1. The van der Waals surface area contributed by atoms with Gasteiger partial charge in [-0.2, -0.15) is 0 Å². The Morgan fingerprint density at radius 1 is 1.40 bits per heavy atom. The zero-order chi connectivity index (χ0) is 17.4. The van der Waals surface area contributed by atoms with E-state index in [1.807, 2.05) is 25.2 Å². The van der Waals surface area contributed by atoms with Crippen molar-refractivity contribution in [3.63, 3.8) is 0 Å². The minimum atomic E-state index is -0.0776. The molecule has 140 valence electrons. The highest BCUT2D eigenvalue weighted by Gasteiger charge is 2.21. The van der Waals surface area contributed by atoms with Crippen molar-refractivity contribution in [3.8, 4) is 0 Å². The van der Waals surface area contributed by atoms with Gasteiger partial charge in [-0.1, -0.05) is 12.1 Å². The number of benzene rings is 1. The lowest BCUT2D eigenvalue weighted by Crippen LogP contribution is -2.40. The van der Waals surface area contributed by atoms with E-state index in [-0.39, 0.29) is 29.9 Å². The number of carbonyl (C=O) groups excluding carboxylic acids is 1. The maximum atomic E-state index is 11.7. The van der Waals surface area contributed by atoms with Gasteiger partial charge in [0.15, 0.2) is 5.96 Å². The highest BCUT2D eigenvalue weighted by atomic mass is 127. The van der Waals surface area contributed by atoms with Gasteiger partial charge in [-0.05, 0) is 36.5 Å². The number of aliphatic imine (C=N–C) groups is 1. The number of nitrogens with one attached hydrogen (secondary N) is 2. The first-order valence-electron chi connectivity index (χ1n) is 8.44. The first kappa shape index (κ1) is 21.7. The van der Waals surface area contributed by atoms with E-state index in [9.17, 15) is 4.79 Å². The highest BCUT2D eigenvalue weighted by Crippen LogP contribution is 2.28. The van der Waals surface area contributed by atoms with E-state index in [0.717, 1.165) is 30.6 Å². The molecule has 1 fully saturated rings. The fourth-order valence-electron chi connectivity index (χ4n) is 2.37. The summed E-state index contributed by atoms with van der Waals surface area (Å²) in [5, 5.41) is 5.96. The quantitative estimate of drug-likeness (QED) is 0.270. The van der Waals surface area contributed by atoms with Crippen molar-refractivity contribution in [1.82, 2.24) is 15.5 Å². The molecule has 2 rings (SSSR count). The van der Waals surface area contributed by atoms with Crippen LogP contribution in [0.4, 0.5) is 0 Å². The van der Waals surface area contributed by atoms with Crippen LogP contribution in [0.25, 0.3) is 0 Å². The smallest absolute Gasteiger partial charge is 0.251 e. The van der Waals surface area contributed by atoms with Gasteiger partial charge in [-0.3, -0.25) is 9.79 Å². The van der Waals surface area contributed by atoms with Crippen molar-refractivity contribution in [3.05, 3.63) is 35.4 Å². The van der Waals surface area contributed by atoms with Crippen LogP contribution >= 0.6 is 24.0 Å². The summed E-state index contributed by atoms with van der Waals surface area (Å²) in [6.45, 7) is 3.00. The standard InChI is InChI=1S/C18H28N4O2.HI/c1-19-17(23)16-6-4-5-15(11-16)12-21-18(20-2)22(3)9-10-24-13-14-7-8-14;/h4-6,11,14H,7-10,12-13H2,1-3H3,(H,19,23)(H,20,21);1H. The number of hydrogen-bond acceptors (Lipinski definition) is 3. The third-order valence-electron chi connectivity index (χ3n) is 4.06. The number of amides is 1. The van der Waals surface area contributed by atoms with E-state index < -0.39 is 0 Å². The molecule has 1 amide bonds. The van der Waals surface area contributed by atoms with Crippen molar-refractivity contribution < 1.29 is 9.53 Å². The molecule has 0 unspecified atom stereocenters. The summed E-state index contributed by atoms with van der Waals surface area (Å²) in [5.41, 5.74) is 1.70. The van der Waals surface area contributed by atoms with Crippen molar-refractivity contribution in [2.45, 2.75) is 19.4 Å². The Morgan fingerprint density at radius 3 is 2.80 bits per heavy atom. The van der Waals surface area contributed by atoms with E-state index in [0.29, 0.717) is 18.7 Å². The lowest BCUT2D eigenvalue weighted by Gasteiger charge is -2.22. The van der Waals surface area contributed by atoms with Gasteiger partial charge in [0, 0.05) is 46.4 Å². The van der Waals surface area contributed by atoms with Gasteiger partial charge in [-0.15, -0.1) is 24.0 Å².